The van der Waals surface area contributed by atoms with E-state index >= 15 is 0 Å². The van der Waals surface area contributed by atoms with Gasteiger partial charge in [-0.3, -0.25) is 4.79 Å². The highest BCUT2D eigenvalue weighted by Gasteiger charge is 2.02. The van der Waals surface area contributed by atoms with Crippen molar-refractivity contribution in [2.75, 3.05) is 0 Å². The Morgan fingerprint density at radius 2 is 1.79 bits per heavy atom. The molecule has 0 N–H and O–H groups in total. The average Bonchev–Trinajstić information content (AvgIpc) is 2.64. The zero-order valence-corrected chi connectivity index (χ0v) is 12.5. The molecule has 2 rings (SSSR count). The third-order valence-electron chi connectivity index (χ3n) is 2.43. The Kier molecular flexibility index (Phi) is 5.56. The van der Waals surface area contributed by atoms with Gasteiger partial charge in [0, 0.05) is 29.7 Å². The summed E-state index contributed by atoms with van der Waals surface area (Å²) in [4.78, 5) is 10.9. The number of hydrogen-bond donors (Lipinski definition) is 0. The van der Waals surface area contributed by atoms with E-state index in [-0.39, 0.29) is 5.78 Å². The van der Waals surface area contributed by atoms with Crippen LogP contribution in [0.5, 0.6) is 0 Å². The van der Waals surface area contributed by atoms with Crippen molar-refractivity contribution in [3.05, 3.63) is 42.1 Å². The largest absolute Gasteiger partial charge is 0.350 e. The third kappa shape index (κ3) is 4.74. The number of allylic oxidation sites excluding steroid dienone is 1. The van der Waals surface area contributed by atoms with Gasteiger partial charge in [-0.2, -0.15) is 0 Å². The molecule has 2 nitrogen and oxygen atoms in total. The molecule has 0 bridgehead atoms. The molecule has 2 aromatic rings. The number of carbonyl (C=O) groups excluding carboxylic acids is 1. The van der Waals surface area contributed by atoms with Crippen LogP contribution in [0.25, 0.3) is 17.0 Å². The van der Waals surface area contributed by atoms with Gasteiger partial charge >= 0.3 is 0 Å². The molecule has 1 aromatic carbocycles. The van der Waals surface area contributed by atoms with Crippen LogP contribution in [0.4, 0.5) is 0 Å². The van der Waals surface area contributed by atoms with Crippen molar-refractivity contribution >= 4 is 22.8 Å². The summed E-state index contributed by atoms with van der Waals surface area (Å²) in [5.74, 6) is 0.905. The highest BCUT2D eigenvalue weighted by atomic mass is 16.1. The molecule has 0 amide bonds. The summed E-state index contributed by atoms with van der Waals surface area (Å²) >= 11 is 0. The normalized spacial score (nSPS) is 10.8. The van der Waals surface area contributed by atoms with E-state index in [1.165, 1.54) is 10.9 Å². The minimum absolute atomic E-state index is 0.0722. The van der Waals surface area contributed by atoms with E-state index in [0.29, 0.717) is 0 Å². The van der Waals surface area contributed by atoms with Crippen LogP contribution in [0.1, 0.15) is 33.3 Å². The smallest absolute Gasteiger partial charge is 0.152 e. The molecule has 0 atom stereocenters. The van der Waals surface area contributed by atoms with Crippen molar-refractivity contribution in [2.24, 2.45) is 13.0 Å². The number of nitrogens with zero attached hydrogens (tertiary/aromatic N) is 1. The van der Waals surface area contributed by atoms with E-state index in [4.69, 9.17) is 0 Å². The monoisotopic (exact) mass is 257 g/mol. The molecule has 0 radical (unpaired) electrons. The summed E-state index contributed by atoms with van der Waals surface area (Å²) in [6.45, 7) is 8.06. The Morgan fingerprint density at radius 3 is 2.37 bits per heavy atom. The number of aromatic nitrogens is 1. The van der Waals surface area contributed by atoms with Crippen LogP contribution in [-0.4, -0.2) is 10.4 Å². The van der Waals surface area contributed by atoms with Crippen molar-refractivity contribution in [3.63, 3.8) is 0 Å². The average molecular weight is 257 g/mol. The topological polar surface area (TPSA) is 22.0 Å². The Balaban J connectivity index is 0.000000399. The molecule has 0 saturated heterocycles. The molecule has 2 heteroatoms. The quantitative estimate of drug-likeness (QED) is 0.729. The number of rotatable bonds is 2. The predicted octanol–water partition coefficient (Wildman–Crippen LogP) is 4.44. The molecular formula is C17H23NO. The second-order valence-corrected chi connectivity index (χ2v) is 5.39. The number of fused-ring (bicyclic) bond motifs is 1. The minimum Gasteiger partial charge on any atom is -0.350 e. The Morgan fingerprint density at radius 1 is 1.21 bits per heavy atom. The maximum Gasteiger partial charge on any atom is 0.152 e. The van der Waals surface area contributed by atoms with E-state index in [1.54, 1.807) is 13.0 Å². The fourth-order valence-electron chi connectivity index (χ4n) is 1.71. The van der Waals surface area contributed by atoms with E-state index in [1.807, 2.05) is 31.5 Å². The number of ketones is 1. The molecule has 0 spiro atoms. The zero-order chi connectivity index (χ0) is 14.4. The summed E-state index contributed by atoms with van der Waals surface area (Å²) in [7, 11) is 2.01. The standard InChI is InChI=1S/C13H13NO.C4H10/c1-10(15)7-8-11-9-14(2)13-6-4-3-5-12(11)13;1-4(2)3/h3-9H,1-2H3;4H,1-3H3/b8-7+;. The highest BCUT2D eigenvalue weighted by molar-refractivity contribution is 5.96. The Labute approximate surface area is 115 Å². The van der Waals surface area contributed by atoms with Crippen LogP contribution in [0.15, 0.2) is 36.5 Å². The lowest BCUT2D eigenvalue weighted by Gasteiger charge is -1.92. The lowest BCUT2D eigenvalue weighted by Crippen LogP contribution is -1.81. The molecular weight excluding hydrogens is 234 g/mol. The van der Waals surface area contributed by atoms with E-state index < -0.39 is 0 Å². The minimum atomic E-state index is 0.0722. The first-order valence-corrected chi connectivity index (χ1v) is 6.64. The first kappa shape index (κ1) is 15.2. The molecule has 1 heterocycles. The summed E-state index contributed by atoms with van der Waals surface area (Å²) in [6.07, 6.45) is 5.50. The van der Waals surface area contributed by atoms with Crippen LogP contribution >= 0.6 is 0 Å². The second kappa shape index (κ2) is 6.93. The zero-order valence-electron chi connectivity index (χ0n) is 12.5. The molecule has 19 heavy (non-hydrogen) atoms. The maximum absolute atomic E-state index is 10.9. The van der Waals surface area contributed by atoms with Gasteiger partial charge in [-0.05, 0) is 31.1 Å². The lowest BCUT2D eigenvalue weighted by atomic mass is 10.1. The van der Waals surface area contributed by atoms with Crippen molar-refractivity contribution in [1.29, 1.82) is 0 Å². The number of aryl methyl sites for hydroxylation is 1. The lowest BCUT2D eigenvalue weighted by molar-refractivity contribution is -0.112. The number of para-hydroxylation sites is 1. The number of benzene rings is 1. The fraction of sp³-hybridized carbons (Fsp3) is 0.353. The van der Waals surface area contributed by atoms with E-state index in [2.05, 4.69) is 37.5 Å². The van der Waals surface area contributed by atoms with Gasteiger partial charge in [-0.25, -0.2) is 0 Å². The highest BCUT2D eigenvalue weighted by Crippen LogP contribution is 2.21. The van der Waals surface area contributed by atoms with Gasteiger partial charge in [-0.15, -0.1) is 0 Å². The Hall–Kier alpha value is -1.83. The molecule has 0 saturated carbocycles. The maximum atomic E-state index is 10.9. The van der Waals surface area contributed by atoms with Gasteiger partial charge in [-0.1, -0.05) is 39.0 Å². The van der Waals surface area contributed by atoms with E-state index in [9.17, 15) is 4.79 Å². The van der Waals surface area contributed by atoms with Gasteiger partial charge in [0.1, 0.15) is 0 Å². The van der Waals surface area contributed by atoms with Gasteiger partial charge in [0.2, 0.25) is 0 Å². The molecule has 1 aromatic heterocycles. The predicted molar refractivity (Wildman–Crippen MR) is 83.1 cm³/mol. The fourth-order valence-corrected chi connectivity index (χ4v) is 1.71. The molecule has 0 unspecified atom stereocenters. The molecule has 102 valence electrons. The van der Waals surface area contributed by atoms with Crippen LogP contribution in [0.3, 0.4) is 0 Å². The number of carbonyl (C=O) groups is 1. The second-order valence-electron chi connectivity index (χ2n) is 5.39. The van der Waals surface area contributed by atoms with Crippen LogP contribution in [0.2, 0.25) is 0 Å². The summed E-state index contributed by atoms with van der Waals surface area (Å²) in [5, 5.41) is 1.18. The van der Waals surface area contributed by atoms with Crippen molar-refractivity contribution in [3.8, 4) is 0 Å². The number of hydrogen-bond acceptors (Lipinski definition) is 1. The van der Waals surface area contributed by atoms with Crippen LogP contribution in [-0.2, 0) is 11.8 Å². The first-order chi connectivity index (χ1) is 8.91. The summed E-state index contributed by atoms with van der Waals surface area (Å²) in [5.41, 5.74) is 2.27. The van der Waals surface area contributed by atoms with Gasteiger partial charge in [0.15, 0.2) is 5.78 Å². The van der Waals surface area contributed by atoms with Gasteiger partial charge in [0.25, 0.3) is 0 Å². The molecule has 0 fully saturated rings. The molecule has 0 aliphatic carbocycles. The van der Waals surface area contributed by atoms with Crippen LogP contribution in [0, 0.1) is 5.92 Å². The summed E-state index contributed by atoms with van der Waals surface area (Å²) in [6, 6.07) is 8.16. The molecule has 0 aliphatic heterocycles. The third-order valence-corrected chi connectivity index (χ3v) is 2.43. The van der Waals surface area contributed by atoms with Crippen molar-refractivity contribution in [1.82, 2.24) is 4.57 Å². The van der Waals surface area contributed by atoms with Gasteiger partial charge in [0.05, 0.1) is 0 Å². The Bertz CT molecular complexity index is 573. The van der Waals surface area contributed by atoms with Crippen LogP contribution < -0.4 is 0 Å². The van der Waals surface area contributed by atoms with Crippen molar-refractivity contribution in [2.45, 2.75) is 27.7 Å². The SMILES string of the molecule is CC(=O)/C=C/c1cn(C)c2ccccc12.CC(C)C. The summed E-state index contributed by atoms with van der Waals surface area (Å²) < 4.78 is 2.06. The first-order valence-electron chi connectivity index (χ1n) is 6.64. The van der Waals surface area contributed by atoms with Gasteiger partial charge < -0.3 is 4.57 Å². The van der Waals surface area contributed by atoms with Crippen molar-refractivity contribution < 1.29 is 4.79 Å². The molecule has 0 aliphatic rings. The van der Waals surface area contributed by atoms with E-state index in [0.717, 1.165) is 11.5 Å².